The van der Waals surface area contributed by atoms with Crippen molar-refractivity contribution in [3.05, 3.63) is 29.8 Å². The first-order chi connectivity index (χ1) is 8.87. The zero-order valence-electron chi connectivity index (χ0n) is 10.9. The smallest absolute Gasteiger partial charge is 0.323 e. The molecule has 0 bridgehead atoms. The van der Waals surface area contributed by atoms with Crippen LogP contribution in [0.1, 0.15) is 20.3 Å². The highest BCUT2D eigenvalue weighted by atomic mass is 19.1. The van der Waals surface area contributed by atoms with Crippen molar-refractivity contribution in [1.29, 1.82) is 0 Å². The minimum absolute atomic E-state index is 0.0404. The van der Waals surface area contributed by atoms with Gasteiger partial charge in [0, 0.05) is 24.6 Å². The van der Waals surface area contributed by atoms with Gasteiger partial charge in [0.25, 0.3) is 0 Å². The Hall–Kier alpha value is -1.69. The Balaban J connectivity index is 2.59. The van der Waals surface area contributed by atoms with Crippen molar-refractivity contribution in [2.75, 3.05) is 13.2 Å². The zero-order valence-corrected chi connectivity index (χ0v) is 10.9. The van der Waals surface area contributed by atoms with E-state index in [0.29, 0.717) is 6.54 Å². The third-order valence-electron chi connectivity index (χ3n) is 2.75. The van der Waals surface area contributed by atoms with Crippen LogP contribution in [0, 0.1) is 11.6 Å². The summed E-state index contributed by atoms with van der Waals surface area (Å²) in [6, 6.07) is 2.84. The highest BCUT2D eigenvalue weighted by Crippen LogP contribution is 2.17. The number of carbonyl (C=O) groups is 1. The van der Waals surface area contributed by atoms with Crippen molar-refractivity contribution in [1.82, 2.24) is 5.32 Å². The molecule has 19 heavy (non-hydrogen) atoms. The number of carboxylic acid groups (broad SMARTS) is 1. The Labute approximate surface area is 110 Å². The maximum Gasteiger partial charge on any atom is 0.323 e. The van der Waals surface area contributed by atoms with Crippen LogP contribution in [0.3, 0.4) is 0 Å². The highest BCUT2D eigenvalue weighted by Gasteiger charge is 2.31. The van der Waals surface area contributed by atoms with Crippen molar-refractivity contribution in [3.8, 4) is 5.75 Å². The molecule has 6 heteroatoms. The second-order valence-corrected chi connectivity index (χ2v) is 4.37. The predicted octanol–water partition coefficient (Wildman–Crippen LogP) is 2.19. The number of carboxylic acids is 1. The van der Waals surface area contributed by atoms with Crippen LogP contribution in [-0.2, 0) is 4.79 Å². The highest BCUT2D eigenvalue weighted by molar-refractivity contribution is 5.78. The molecule has 4 nitrogen and oxygen atoms in total. The van der Waals surface area contributed by atoms with Crippen LogP contribution in [0.2, 0.25) is 0 Å². The molecular weight excluding hydrogens is 256 g/mol. The van der Waals surface area contributed by atoms with Crippen LogP contribution in [-0.4, -0.2) is 29.8 Å². The number of hydrogen-bond donors (Lipinski definition) is 2. The fourth-order valence-electron chi connectivity index (χ4n) is 1.65. The van der Waals surface area contributed by atoms with E-state index >= 15 is 0 Å². The minimum atomic E-state index is -1.12. The summed E-state index contributed by atoms with van der Waals surface area (Å²) >= 11 is 0. The molecule has 0 radical (unpaired) electrons. The van der Waals surface area contributed by atoms with Gasteiger partial charge in [0.05, 0.1) is 6.61 Å². The van der Waals surface area contributed by atoms with Gasteiger partial charge in [-0.15, -0.1) is 0 Å². The summed E-state index contributed by atoms with van der Waals surface area (Å²) in [5.41, 5.74) is -1.12. The van der Waals surface area contributed by atoms with Gasteiger partial charge in [-0.2, -0.15) is 0 Å². The van der Waals surface area contributed by atoms with E-state index in [1.165, 1.54) is 6.92 Å². The summed E-state index contributed by atoms with van der Waals surface area (Å²) in [7, 11) is 0. The fraction of sp³-hybridized carbons (Fsp3) is 0.462. The quantitative estimate of drug-likeness (QED) is 0.799. The van der Waals surface area contributed by atoms with Gasteiger partial charge in [-0.3, -0.25) is 4.79 Å². The molecule has 0 saturated carbocycles. The molecule has 1 atom stereocenters. The molecule has 0 heterocycles. The summed E-state index contributed by atoms with van der Waals surface area (Å²) in [5, 5.41) is 12.0. The molecule has 0 fully saturated rings. The van der Waals surface area contributed by atoms with Crippen LogP contribution >= 0.6 is 0 Å². The number of halogens is 2. The Morgan fingerprint density at radius 2 is 1.95 bits per heavy atom. The van der Waals surface area contributed by atoms with Gasteiger partial charge in [-0.25, -0.2) is 8.78 Å². The van der Waals surface area contributed by atoms with E-state index < -0.39 is 23.1 Å². The molecule has 1 aromatic carbocycles. The molecule has 2 N–H and O–H groups in total. The van der Waals surface area contributed by atoms with Crippen LogP contribution < -0.4 is 10.1 Å². The topological polar surface area (TPSA) is 58.6 Å². The Morgan fingerprint density at radius 1 is 1.37 bits per heavy atom. The van der Waals surface area contributed by atoms with E-state index in [4.69, 9.17) is 9.84 Å². The number of likely N-dealkylation sites (N-methyl/N-ethyl adjacent to an activating group) is 1. The van der Waals surface area contributed by atoms with Crippen molar-refractivity contribution >= 4 is 5.97 Å². The molecule has 0 saturated heterocycles. The number of ether oxygens (including phenoxy) is 1. The standard InChI is InChI=1S/C13H17F2NO3/c1-3-16-13(2,12(17)18)4-5-19-11-7-9(14)6-10(15)8-11/h6-8,16H,3-5H2,1-2H3,(H,17,18). The van der Waals surface area contributed by atoms with Crippen molar-refractivity contribution in [3.63, 3.8) is 0 Å². The van der Waals surface area contributed by atoms with Gasteiger partial charge in [-0.05, 0) is 13.5 Å². The zero-order chi connectivity index (χ0) is 14.5. The van der Waals surface area contributed by atoms with E-state index in [0.717, 1.165) is 18.2 Å². The van der Waals surface area contributed by atoms with Gasteiger partial charge in [0.15, 0.2) is 0 Å². The summed E-state index contributed by atoms with van der Waals surface area (Å²) < 4.78 is 31.0. The lowest BCUT2D eigenvalue weighted by atomic mass is 9.98. The fourth-order valence-corrected chi connectivity index (χ4v) is 1.65. The van der Waals surface area contributed by atoms with Gasteiger partial charge >= 0.3 is 5.97 Å². The second kappa shape index (κ2) is 6.47. The molecule has 0 aromatic heterocycles. The van der Waals surface area contributed by atoms with Crippen LogP contribution in [0.15, 0.2) is 18.2 Å². The third-order valence-corrected chi connectivity index (χ3v) is 2.75. The predicted molar refractivity (Wildman–Crippen MR) is 66.2 cm³/mol. The van der Waals surface area contributed by atoms with Gasteiger partial charge in [0.2, 0.25) is 0 Å². The van der Waals surface area contributed by atoms with E-state index in [-0.39, 0.29) is 18.8 Å². The van der Waals surface area contributed by atoms with Crippen LogP contribution in [0.25, 0.3) is 0 Å². The maximum atomic E-state index is 12.9. The first kappa shape index (κ1) is 15.4. The van der Waals surface area contributed by atoms with E-state index in [1.54, 1.807) is 6.92 Å². The number of nitrogens with one attached hydrogen (secondary N) is 1. The molecule has 0 aliphatic heterocycles. The lowest BCUT2D eigenvalue weighted by Crippen LogP contribution is -2.50. The normalized spacial score (nSPS) is 13.9. The van der Waals surface area contributed by atoms with Crippen molar-refractivity contribution in [2.45, 2.75) is 25.8 Å². The summed E-state index contributed by atoms with van der Waals surface area (Å²) in [4.78, 5) is 11.1. The second-order valence-electron chi connectivity index (χ2n) is 4.37. The van der Waals surface area contributed by atoms with E-state index in [2.05, 4.69) is 5.32 Å². The Bertz CT molecular complexity index is 433. The van der Waals surface area contributed by atoms with E-state index in [1.807, 2.05) is 0 Å². The lowest BCUT2D eigenvalue weighted by molar-refractivity contribution is -0.144. The third kappa shape index (κ3) is 4.48. The number of benzene rings is 1. The average molecular weight is 273 g/mol. The number of hydrogen-bond acceptors (Lipinski definition) is 3. The van der Waals surface area contributed by atoms with Crippen LogP contribution in [0.4, 0.5) is 8.78 Å². The molecule has 0 aliphatic rings. The van der Waals surface area contributed by atoms with Gasteiger partial charge in [0.1, 0.15) is 22.9 Å². The summed E-state index contributed by atoms with van der Waals surface area (Å²) in [5.74, 6) is -2.42. The minimum Gasteiger partial charge on any atom is -0.493 e. The molecule has 1 rings (SSSR count). The molecule has 106 valence electrons. The van der Waals surface area contributed by atoms with E-state index in [9.17, 15) is 13.6 Å². The molecule has 0 spiro atoms. The molecule has 1 unspecified atom stereocenters. The molecule has 0 aliphatic carbocycles. The summed E-state index contributed by atoms with van der Waals surface area (Å²) in [6.45, 7) is 3.87. The average Bonchev–Trinajstić information content (AvgIpc) is 2.27. The van der Waals surface area contributed by atoms with Gasteiger partial charge in [-0.1, -0.05) is 6.92 Å². The monoisotopic (exact) mass is 273 g/mol. The van der Waals surface area contributed by atoms with Crippen molar-refractivity contribution < 1.29 is 23.4 Å². The Kier molecular flexibility index (Phi) is 5.23. The largest absolute Gasteiger partial charge is 0.493 e. The van der Waals surface area contributed by atoms with Crippen LogP contribution in [0.5, 0.6) is 5.75 Å². The summed E-state index contributed by atoms with van der Waals surface area (Å²) in [6.07, 6.45) is 0.175. The lowest BCUT2D eigenvalue weighted by Gasteiger charge is -2.25. The molecule has 1 aromatic rings. The first-order valence-corrected chi connectivity index (χ1v) is 5.94. The molecule has 0 amide bonds. The Morgan fingerprint density at radius 3 is 2.42 bits per heavy atom. The SMILES string of the molecule is CCNC(C)(CCOc1cc(F)cc(F)c1)C(=O)O. The number of rotatable bonds is 7. The number of aliphatic carboxylic acids is 1. The maximum absolute atomic E-state index is 12.9. The first-order valence-electron chi connectivity index (χ1n) is 5.94. The van der Waals surface area contributed by atoms with Gasteiger partial charge < -0.3 is 15.2 Å². The molecular formula is C13H17F2NO3. The van der Waals surface area contributed by atoms with Crippen molar-refractivity contribution in [2.24, 2.45) is 0 Å².